The van der Waals surface area contributed by atoms with Crippen molar-refractivity contribution in [3.63, 3.8) is 0 Å². The van der Waals surface area contributed by atoms with Gasteiger partial charge in [-0.1, -0.05) is 6.42 Å². The molecule has 78 valence electrons. The molecule has 0 spiro atoms. The van der Waals surface area contributed by atoms with Crippen molar-refractivity contribution in [3.8, 4) is 0 Å². The van der Waals surface area contributed by atoms with Gasteiger partial charge in [-0.3, -0.25) is 0 Å². The van der Waals surface area contributed by atoms with Gasteiger partial charge in [0.2, 0.25) is 0 Å². The van der Waals surface area contributed by atoms with Crippen LogP contribution in [0.1, 0.15) is 19.3 Å². The Bertz CT molecular complexity index is 113. The average Bonchev–Trinajstić information content (AvgIpc) is 2.19. The molecule has 1 aliphatic rings. The lowest BCUT2D eigenvalue weighted by atomic mass is 10.1. The molecule has 0 amide bonds. The molecular formula is C10H22N2S. The van der Waals surface area contributed by atoms with Crippen molar-refractivity contribution in [1.29, 1.82) is 0 Å². The second-order valence-corrected chi connectivity index (χ2v) is 4.63. The maximum absolute atomic E-state index is 3.47. The van der Waals surface area contributed by atoms with Gasteiger partial charge in [-0.25, -0.2) is 0 Å². The number of likely N-dealkylation sites (tertiary alicyclic amines) is 1. The number of rotatable bonds is 6. The zero-order valence-corrected chi connectivity index (χ0v) is 9.54. The SMILES string of the molecule is CSCCNCCN1CCCCC1. The summed E-state index contributed by atoms with van der Waals surface area (Å²) in [5.41, 5.74) is 0. The molecule has 0 aliphatic carbocycles. The number of nitrogens with one attached hydrogen (secondary N) is 1. The minimum Gasteiger partial charge on any atom is -0.315 e. The van der Waals surface area contributed by atoms with Crippen molar-refractivity contribution >= 4 is 11.8 Å². The maximum atomic E-state index is 3.47. The molecule has 0 atom stereocenters. The van der Waals surface area contributed by atoms with Crippen LogP contribution in [0.3, 0.4) is 0 Å². The highest BCUT2D eigenvalue weighted by molar-refractivity contribution is 7.98. The van der Waals surface area contributed by atoms with Gasteiger partial charge in [0, 0.05) is 25.4 Å². The first-order valence-electron chi connectivity index (χ1n) is 5.35. The van der Waals surface area contributed by atoms with Crippen molar-refractivity contribution in [3.05, 3.63) is 0 Å². The van der Waals surface area contributed by atoms with Gasteiger partial charge in [-0.15, -0.1) is 0 Å². The van der Waals surface area contributed by atoms with Gasteiger partial charge in [0.05, 0.1) is 0 Å². The van der Waals surface area contributed by atoms with Crippen LogP contribution in [-0.4, -0.2) is 49.6 Å². The zero-order valence-electron chi connectivity index (χ0n) is 8.72. The number of nitrogens with zero attached hydrogens (tertiary/aromatic N) is 1. The van der Waals surface area contributed by atoms with Gasteiger partial charge in [-0.05, 0) is 32.2 Å². The molecule has 13 heavy (non-hydrogen) atoms. The van der Waals surface area contributed by atoms with Gasteiger partial charge in [0.15, 0.2) is 0 Å². The quantitative estimate of drug-likeness (QED) is 0.656. The first-order valence-corrected chi connectivity index (χ1v) is 6.75. The van der Waals surface area contributed by atoms with Gasteiger partial charge >= 0.3 is 0 Å². The topological polar surface area (TPSA) is 15.3 Å². The second kappa shape index (κ2) is 7.65. The summed E-state index contributed by atoms with van der Waals surface area (Å²) in [4.78, 5) is 2.58. The van der Waals surface area contributed by atoms with Crippen molar-refractivity contribution in [2.75, 3.05) is 44.7 Å². The fraction of sp³-hybridized carbons (Fsp3) is 1.00. The van der Waals surface area contributed by atoms with E-state index in [1.165, 1.54) is 51.2 Å². The van der Waals surface area contributed by atoms with Gasteiger partial charge in [0.25, 0.3) is 0 Å². The third-order valence-electron chi connectivity index (χ3n) is 2.54. The van der Waals surface area contributed by atoms with Crippen molar-refractivity contribution in [1.82, 2.24) is 10.2 Å². The summed E-state index contributed by atoms with van der Waals surface area (Å²) >= 11 is 1.91. The third-order valence-corrected chi connectivity index (χ3v) is 3.15. The number of thioether (sulfide) groups is 1. The van der Waals surface area contributed by atoms with E-state index in [0.29, 0.717) is 0 Å². The molecule has 1 fully saturated rings. The van der Waals surface area contributed by atoms with Crippen LogP contribution < -0.4 is 5.32 Å². The standard InChI is InChI=1S/C10H22N2S/c1-13-10-6-11-5-9-12-7-3-2-4-8-12/h11H,2-10H2,1H3. The van der Waals surface area contributed by atoms with E-state index in [2.05, 4.69) is 16.5 Å². The van der Waals surface area contributed by atoms with E-state index >= 15 is 0 Å². The summed E-state index contributed by atoms with van der Waals surface area (Å²) in [6.45, 7) is 6.22. The predicted octanol–water partition coefficient (Wildman–Crippen LogP) is 1.42. The van der Waals surface area contributed by atoms with E-state index in [1.807, 2.05) is 11.8 Å². The van der Waals surface area contributed by atoms with E-state index in [4.69, 9.17) is 0 Å². The number of hydrogen-bond donors (Lipinski definition) is 1. The Morgan fingerprint density at radius 2 is 1.92 bits per heavy atom. The van der Waals surface area contributed by atoms with E-state index < -0.39 is 0 Å². The largest absolute Gasteiger partial charge is 0.315 e. The summed E-state index contributed by atoms with van der Waals surface area (Å²) in [6.07, 6.45) is 6.42. The van der Waals surface area contributed by atoms with Crippen LogP contribution in [-0.2, 0) is 0 Å². The number of piperidine rings is 1. The Kier molecular flexibility index (Phi) is 6.68. The van der Waals surface area contributed by atoms with E-state index in [9.17, 15) is 0 Å². The first-order chi connectivity index (χ1) is 6.43. The minimum absolute atomic E-state index is 1.16. The van der Waals surface area contributed by atoms with E-state index in [1.54, 1.807) is 0 Å². The maximum Gasteiger partial charge on any atom is 0.0107 e. The molecule has 0 saturated carbocycles. The zero-order chi connectivity index (χ0) is 9.36. The molecule has 1 saturated heterocycles. The summed E-state index contributed by atoms with van der Waals surface area (Å²) in [5.74, 6) is 1.24. The molecular weight excluding hydrogens is 180 g/mol. The summed E-state index contributed by atoms with van der Waals surface area (Å²) in [6, 6.07) is 0. The Hall–Kier alpha value is 0.270. The molecule has 2 nitrogen and oxygen atoms in total. The molecule has 1 aliphatic heterocycles. The van der Waals surface area contributed by atoms with E-state index in [-0.39, 0.29) is 0 Å². The smallest absolute Gasteiger partial charge is 0.0107 e. The highest BCUT2D eigenvalue weighted by atomic mass is 32.2. The van der Waals surface area contributed by atoms with Crippen molar-refractivity contribution in [2.24, 2.45) is 0 Å². The van der Waals surface area contributed by atoms with Crippen LogP contribution in [0.15, 0.2) is 0 Å². The molecule has 0 aromatic rings. The molecule has 0 bridgehead atoms. The number of hydrogen-bond acceptors (Lipinski definition) is 3. The predicted molar refractivity (Wildman–Crippen MR) is 61.5 cm³/mol. The molecule has 3 heteroatoms. The van der Waals surface area contributed by atoms with Crippen LogP contribution in [0.5, 0.6) is 0 Å². The molecule has 1 N–H and O–H groups in total. The first kappa shape index (κ1) is 11.3. The highest BCUT2D eigenvalue weighted by Crippen LogP contribution is 2.07. The monoisotopic (exact) mass is 202 g/mol. The van der Waals surface area contributed by atoms with Crippen LogP contribution in [0.25, 0.3) is 0 Å². The average molecular weight is 202 g/mol. The lowest BCUT2D eigenvalue weighted by Crippen LogP contribution is -2.36. The third kappa shape index (κ3) is 5.55. The van der Waals surface area contributed by atoms with Crippen molar-refractivity contribution in [2.45, 2.75) is 19.3 Å². The van der Waals surface area contributed by atoms with Gasteiger partial charge < -0.3 is 10.2 Å². The normalized spacial score (nSPS) is 19.2. The van der Waals surface area contributed by atoms with Crippen LogP contribution >= 0.6 is 11.8 Å². The Balaban J connectivity index is 1.86. The molecule has 0 unspecified atom stereocenters. The summed E-state index contributed by atoms with van der Waals surface area (Å²) in [5, 5.41) is 3.47. The Labute approximate surface area is 86.5 Å². The van der Waals surface area contributed by atoms with Crippen LogP contribution in [0, 0.1) is 0 Å². The Morgan fingerprint density at radius 3 is 2.62 bits per heavy atom. The molecule has 0 radical (unpaired) electrons. The fourth-order valence-electron chi connectivity index (χ4n) is 1.72. The molecule has 0 aromatic carbocycles. The lowest BCUT2D eigenvalue weighted by Gasteiger charge is -2.26. The van der Waals surface area contributed by atoms with Gasteiger partial charge in [-0.2, -0.15) is 11.8 Å². The highest BCUT2D eigenvalue weighted by Gasteiger charge is 2.08. The van der Waals surface area contributed by atoms with Gasteiger partial charge in [0.1, 0.15) is 0 Å². The molecule has 1 heterocycles. The summed E-state index contributed by atoms with van der Waals surface area (Å²) < 4.78 is 0. The van der Waals surface area contributed by atoms with Crippen LogP contribution in [0.4, 0.5) is 0 Å². The molecule has 0 aromatic heterocycles. The Morgan fingerprint density at radius 1 is 1.15 bits per heavy atom. The van der Waals surface area contributed by atoms with Crippen LogP contribution in [0.2, 0.25) is 0 Å². The fourth-order valence-corrected chi connectivity index (χ4v) is 2.07. The lowest BCUT2D eigenvalue weighted by molar-refractivity contribution is 0.229. The van der Waals surface area contributed by atoms with Crippen molar-refractivity contribution < 1.29 is 0 Å². The molecule has 1 rings (SSSR count). The minimum atomic E-state index is 1.16. The second-order valence-electron chi connectivity index (χ2n) is 3.65. The summed E-state index contributed by atoms with van der Waals surface area (Å²) in [7, 11) is 0. The van der Waals surface area contributed by atoms with E-state index in [0.717, 1.165) is 6.54 Å².